The number of ether oxygens (including phenoxy) is 2. The Labute approximate surface area is 213 Å². The third-order valence-electron chi connectivity index (χ3n) is 5.72. The fraction of sp³-hybridized carbons (Fsp3) is 0.458. The Morgan fingerprint density at radius 2 is 2.05 bits per heavy atom. The third kappa shape index (κ3) is 6.39. The lowest BCUT2D eigenvalue weighted by molar-refractivity contribution is -0.145. The molecule has 1 aliphatic rings. The number of esters is 1. The predicted octanol–water partition coefficient (Wildman–Crippen LogP) is 1.57. The molecular weight excluding hydrogens is 505 g/mol. The number of benzene rings is 1. The standard InChI is InChI=1S/C24H30N3O9P/c1-5-14-33-21(30)16(3)26-37(32,35-17-10-8-7-9-11-17)36-20-18(15-28)34-22(24(20,4)6-2)27-13-12-19(29)25-23(27)31/h2,7-13,16,18,20,22,28H,5,14-15H2,1,3-4H3,(H,26,32)(H,25,29,31)/t16?,18-,20-,22-,24-,37+/m1/s1. The van der Waals surface area contributed by atoms with Crippen LogP contribution in [-0.4, -0.2) is 52.1 Å². The molecule has 13 heteroatoms. The van der Waals surface area contributed by atoms with Gasteiger partial charge in [-0.25, -0.2) is 9.36 Å². The Hall–Kier alpha value is -3.20. The van der Waals surface area contributed by atoms with Crippen LogP contribution in [0, 0.1) is 17.8 Å². The molecule has 0 aliphatic carbocycles. The first-order chi connectivity index (χ1) is 17.6. The minimum atomic E-state index is -4.40. The normalized spacial score (nSPS) is 25.5. The molecule has 2 heterocycles. The lowest BCUT2D eigenvalue weighted by Gasteiger charge is -2.33. The Bertz CT molecular complexity index is 1290. The molecule has 0 radical (unpaired) electrons. The van der Waals surface area contributed by atoms with Gasteiger partial charge in [-0.15, -0.1) is 6.42 Å². The highest BCUT2D eigenvalue weighted by Crippen LogP contribution is 2.54. The molecule has 2 aromatic rings. The number of aromatic nitrogens is 2. The van der Waals surface area contributed by atoms with Gasteiger partial charge in [0.15, 0.2) is 6.23 Å². The van der Waals surface area contributed by atoms with Crippen LogP contribution in [0.25, 0.3) is 0 Å². The van der Waals surface area contributed by atoms with Gasteiger partial charge in [-0.1, -0.05) is 31.0 Å². The zero-order valence-corrected chi connectivity index (χ0v) is 21.6. The van der Waals surface area contributed by atoms with E-state index in [1.807, 2.05) is 6.92 Å². The van der Waals surface area contributed by atoms with Crippen molar-refractivity contribution < 1.29 is 33.0 Å². The predicted molar refractivity (Wildman–Crippen MR) is 133 cm³/mol. The van der Waals surface area contributed by atoms with Crippen LogP contribution in [-0.2, 0) is 23.4 Å². The largest absolute Gasteiger partial charge is 0.465 e. The maximum Gasteiger partial charge on any atom is 0.459 e. The number of carbonyl (C=O) groups is 1. The molecule has 200 valence electrons. The summed E-state index contributed by atoms with van der Waals surface area (Å²) in [5.41, 5.74) is -2.91. The van der Waals surface area contributed by atoms with Gasteiger partial charge in [0, 0.05) is 12.3 Å². The summed E-state index contributed by atoms with van der Waals surface area (Å²) in [7, 11) is -4.40. The summed E-state index contributed by atoms with van der Waals surface area (Å²) in [6.45, 7) is 4.33. The number of nitrogens with zero attached hydrogens (tertiary/aromatic N) is 1. The van der Waals surface area contributed by atoms with Gasteiger partial charge in [0.25, 0.3) is 5.56 Å². The quantitative estimate of drug-likeness (QED) is 0.219. The number of carbonyl (C=O) groups excluding carboxylic acids is 1. The van der Waals surface area contributed by atoms with Crippen molar-refractivity contribution in [2.24, 2.45) is 5.41 Å². The molecule has 37 heavy (non-hydrogen) atoms. The van der Waals surface area contributed by atoms with Gasteiger partial charge in [0.05, 0.1) is 13.2 Å². The summed E-state index contributed by atoms with van der Waals surface area (Å²) in [5.74, 6) is 2.02. The molecule has 1 fully saturated rings. The molecule has 1 unspecified atom stereocenters. The number of hydrogen-bond donors (Lipinski definition) is 3. The molecule has 0 amide bonds. The summed E-state index contributed by atoms with van der Waals surface area (Å²) in [6.07, 6.45) is 4.00. The first-order valence-electron chi connectivity index (χ1n) is 11.6. The van der Waals surface area contributed by atoms with E-state index in [9.17, 15) is 24.1 Å². The molecule has 3 rings (SSSR count). The molecule has 0 saturated carbocycles. The zero-order valence-electron chi connectivity index (χ0n) is 20.7. The Morgan fingerprint density at radius 3 is 2.65 bits per heavy atom. The summed E-state index contributed by atoms with van der Waals surface area (Å²) in [4.78, 5) is 38.5. The fourth-order valence-corrected chi connectivity index (χ4v) is 5.60. The molecule has 1 aromatic heterocycles. The summed E-state index contributed by atoms with van der Waals surface area (Å²) < 4.78 is 37.7. The van der Waals surface area contributed by atoms with Gasteiger partial charge in [-0.2, -0.15) is 5.09 Å². The van der Waals surface area contributed by atoms with Crippen LogP contribution < -0.4 is 20.9 Å². The second-order valence-electron chi connectivity index (χ2n) is 8.60. The van der Waals surface area contributed by atoms with Crippen molar-refractivity contribution in [2.75, 3.05) is 13.2 Å². The number of rotatable bonds is 11. The number of nitrogens with one attached hydrogen (secondary N) is 2. The van der Waals surface area contributed by atoms with Crippen LogP contribution in [0.15, 0.2) is 52.2 Å². The van der Waals surface area contributed by atoms with Crippen molar-refractivity contribution in [1.29, 1.82) is 0 Å². The van der Waals surface area contributed by atoms with Crippen molar-refractivity contribution in [3.05, 3.63) is 63.4 Å². The molecular formula is C24H30N3O9P. The number of aliphatic hydroxyl groups excluding tert-OH is 1. The van der Waals surface area contributed by atoms with E-state index in [0.717, 1.165) is 10.6 Å². The van der Waals surface area contributed by atoms with Gasteiger partial charge >= 0.3 is 19.4 Å². The van der Waals surface area contributed by atoms with Crippen molar-refractivity contribution in [2.45, 2.75) is 51.7 Å². The van der Waals surface area contributed by atoms with Crippen LogP contribution in [0.1, 0.15) is 33.4 Å². The lowest BCUT2D eigenvalue weighted by Crippen LogP contribution is -2.44. The highest BCUT2D eigenvalue weighted by atomic mass is 31.2. The van der Waals surface area contributed by atoms with Gasteiger partial charge in [0.2, 0.25) is 0 Å². The van der Waals surface area contributed by atoms with Crippen LogP contribution in [0.4, 0.5) is 0 Å². The van der Waals surface area contributed by atoms with E-state index in [2.05, 4.69) is 16.0 Å². The minimum Gasteiger partial charge on any atom is -0.465 e. The zero-order chi connectivity index (χ0) is 27.2. The average molecular weight is 535 g/mol. The van der Waals surface area contributed by atoms with E-state index in [-0.39, 0.29) is 12.4 Å². The Kier molecular flexibility index (Phi) is 9.12. The minimum absolute atomic E-state index is 0.169. The molecule has 3 N–H and O–H groups in total. The summed E-state index contributed by atoms with van der Waals surface area (Å²) >= 11 is 0. The monoisotopic (exact) mass is 535 g/mol. The number of terminal acetylenes is 1. The highest BCUT2D eigenvalue weighted by molar-refractivity contribution is 7.52. The molecule has 0 spiro atoms. The van der Waals surface area contributed by atoms with E-state index >= 15 is 0 Å². The van der Waals surface area contributed by atoms with Crippen LogP contribution >= 0.6 is 7.75 Å². The molecule has 12 nitrogen and oxygen atoms in total. The van der Waals surface area contributed by atoms with E-state index in [1.165, 1.54) is 32.2 Å². The molecule has 1 aliphatic heterocycles. The summed E-state index contributed by atoms with van der Waals surface area (Å²) in [6, 6.07) is 8.11. The van der Waals surface area contributed by atoms with E-state index in [1.54, 1.807) is 18.2 Å². The molecule has 1 saturated heterocycles. The Morgan fingerprint density at radius 1 is 1.35 bits per heavy atom. The number of H-pyrrole nitrogens is 1. The van der Waals surface area contributed by atoms with Crippen LogP contribution in [0.5, 0.6) is 5.75 Å². The van der Waals surface area contributed by atoms with Crippen LogP contribution in [0.3, 0.4) is 0 Å². The van der Waals surface area contributed by atoms with Crippen molar-refractivity contribution >= 4 is 13.7 Å². The van der Waals surface area contributed by atoms with Gasteiger partial charge in [-0.05, 0) is 32.4 Å². The number of para-hydroxylation sites is 1. The van der Waals surface area contributed by atoms with E-state index in [0.29, 0.717) is 6.42 Å². The van der Waals surface area contributed by atoms with Crippen LogP contribution in [0.2, 0.25) is 0 Å². The highest BCUT2D eigenvalue weighted by Gasteiger charge is 2.57. The fourth-order valence-electron chi connectivity index (χ4n) is 3.81. The van der Waals surface area contributed by atoms with Crippen molar-refractivity contribution in [1.82, 2.24) is 14.6 Å². The first-order valence-corrected chi connectivity index (χ1v) is 13.1. The first kappa shape index (κ1) is 28.4. The SMILES string of the molecule is C#C[C@]1(C)[C@H](O[P@](=O)(NC(C)C(=O)OCCC)Oc2ccccc2)[C@@H](CO)O[C@H]1n1ccc(=O)[nH]c1=O. The topological polar surface area (TPSA) is 158 Å². The number of hydrogen-bond acceptors (Lipinski definition) is 9. The molecule has 6 atom stereocenters. The maximum atomic E-state index is 14.1. The smallest absolute Gasteiger partial charge is 0.459 e. The lowest BCUT2D eigenvalue weighted by atomic mass is 9.83. The van der Waals surface area contributed by atoms with E-state index < -0.39 is 61.5 Å². The average Bonchev–Trinajstić information content (AvgIpc) is 3.14. The number of aromatic amines is 1. The molecule has 1 aromatic carbocycles. The second-order valence-corrected chi connectivity index (χ2v) is 10.2. The van der Waals surface area contributed by atoms with Gasteiger partial charge in [0.1, 0.15) is 29.4 Å². The molecule has 0 bridgehead atoms. The summed E-state index contributed by atoms with van der Waals surface area (Å²) in [5, 5.41) is 12.6. The van der Waals surface area contributed by atoms with E-state index in [4.69, 9.17) is 24.9 Å². The third-order valence-corrected chi connectivity index (χ3v) is 7.37. The van der Waals surface area contributed by atoms with Gasteiger partial charge in [-0.3, -0.25) is 23.7 Å². The second kappa shape index (κ2) is 11.9. The number of aliphatic hydroxyl groups is 1. The van der Waals surface area contributed by atoms with Crippen molar-refractivity contribution in [3.63, 3.8) is 0 Å². The Balaban J connectivity index is 1.99. The maximum absolute atomic E-state index is 14.1. The van der Waals surface area contributed by atoms with Crippen molar-refractivity contribution in [3.8, 4) is 18.1 Å². The van der Waals surface area contributed by atoms with Gasteiger partial charge < -0.3 is 19.1 Å².